The number of carbonyl (C=O) groups is 3. The lowest BCUT2D eigenvalue weighted by Gasteiger charge is -2.29. The van der Waals surface area contributed by atoms with E-state index in [-0.39, 0.29) is 25.1 Å². The van der Waals surface area contributed by atoms with Gasteiger partial charge in [-0.15, -0.1) is 0 Å². The molecule has 2 rings (SSSR count). The normalized spacial score (nSPS) is 19.3. The van der Waals surface area contributed by atoms with E-state index in [0.29, 0.717) is 17.2 Å². The average Bonchev–Trinajstić information content (AvgIpc) is 2.66. The Hall–Kier alpha value is -2.57. The van der Waals surface area contributed by atoms with Gasteiger partial charge in [0.1, 0.15) is 12.3 Å². The number of hydrogen-bond acceptors (Lipinski definition) is 5. The highest BCUT2D eigenvalue weighted by Crippen LogP contribution is 2.23. The Labute approximate surface area is 153 Å². The van der Waals surface area contributed by atoms with Crippen LogP contribution in [0.25, 0.3) is 0 Å². The number of methoxy groups -OCH3 is 1. The summed E-state index contributed by atoms with van der Waals surface area (Å²) in [7, 11) is 1.46. The molecule has 7 heteroatoms. The molecule has 0 heterocycles. The molecule has 0 spiro atoms. The zero-order chi connectivity index (χ0) is 18.9. The van der Waals surface area contributed by atoms with Crippen LogP contribution in [0, 0.1) is 5.92 Å². The Morgan fingerprint density at radius 2 is 1.88 bits per heavy atom. The van der Waals surface area contributed by atoms with Crippen LogP contribution in [0.15, 0.2) is 24.3 Å². The second kappa shape index (κ2) is 9.79. The van der Waals surface area contributed by atoms with Crippen molar-refractivity contribution in [1.82, 2.24) is 10.6 Å². The molecule has 7 nitrogen and oxygen atoms in total. The first kappa shape index (κ1) is 19.8. The van der Waals surface area contributed by atoms with Gasteiger partial charge in [0.25, 0.3) is 11.8 Å². The zero-order valence-corrected chi connectivity index (χ0v) is 15.2. The van der Waals surface area contributed by atoms with Crippen LogP contribution in [0.4, 0.5) is 0 Å². The molecule has 0 bridgehead atoms. The van der Waals surface area contributed by atoms with Crippen molar-refractivity contribution in [3.05, 3.63) is 29.8 Å². The molecule has 1 fully saturated rings. The first-order valence-corrected chi connectivity index (χ1v) is 8.87. The van der Waals surface area contributed by atoms with Crippen LogP contribution in [-0.4, -0.2) is 44.1 Å². The molecular formula is C19H26N2O5. The summed E-state index contributed by atoms with van der Waals surface area (Å²) in [5.74, 6) is -0.573. The Morgan fingerprint density at radius 1 is 1.15 bits per heavy atom. The molecule has 0 aromatic heterocycles. The summed E-state index contributed by atoms with van der Waals surface area (Å²) < 4.78 is 10.0. The highest BCUT2D eigenvalue weighted by molar-refractivity contribution is 5.98. The van der Waals surface area contributed by atoms with E-state index in [4.69, 9.17) is 9.47 Å². The Morgan fingerprint density at radius 3 is 2.62 bits per heavy atom. The van der Waals surface area contributed by atoms with Crippen LogP contribution >= 0.6 is 0 Å². The van der Waals surface area contributed by atoms with Gasteiger partial charge in [0, 0.05) is 6.04 Å². The minimum Gasteiger partial charge on any atom is -0.496 e. The van der Waals surface area contributed by atoms with Crippen LogP contribution in [0.5, 0.6) is 5.75 Å². The number of carbonyl (C=O) groups excluding carboxylic acids is 3. The fraction of sp³-hybridized carbons (Fsp3) is 0.526. The first-order valence-electron chi connectivity index (χ1n) is 8.87. The molecule has 0 unspecified atom stereocenters. The van der Waals surface area contributed by atoms with Crippen molar-refractivity contribution >= 4 is 17.8 Å². The third-order valence-electron chi connectivity index (χ3n) is 4.57. The molecule has 2 N–H and O–H groups in total. The molecule has 26 heavy (non-hydrogen) atoms. The van der Waals surface area contributed by atoms with Gasteiger partial charge in [-0.25, -0.2) is 0 Å². The lowest BCUT2D eigenvalue weighted by Crippen LogP contribution is -2.43. The number of hydrogen-bond donors (Lipinski definition) is 2. The smallest absolute Gasteiger partial charge is 0.325 e. The van der Waals surface area contributed by atoms with Gasteiger partial charge in [-0.1, -0.05) is 31.9 Å². The summed E-state index contributed by atoms with van der Waals surface area (Å²) in [5, 5.41) is 5.37. The van der Waals surface area contributed by atoms with Crippen LogP contribution < -0.4 is 15.4 Å². The third-order valence-corrected chi connectivity index (χ3v) is 4.57. The Bertz CT molecular complexity index is 647. The average molecular weight is 362 g/mol. The summed E-state index contributed by atoms with van der Waals surface area (Å²) >= 11 is 0. The lowest BCUT2D eigenvalue weighted by molar-refractivity contribution is -0.147. The van der Waals surface area contributed by atoms with Crippen LogP contribution in [-0.2, 0) is 14.3 Å². The van der Waals surface area contributed by atoms with Gasteiger partial charge in [0.15, 0.2) is 6.61 Å². The van der Waals surface area contributed by atoms with Crippen LogP contribution in [0.2, 0.25) is 0 Å². The van der Waals surface area contributed by atoms with Crippen LogP contribution in [0.1, 0.15) is 43.0 Å². The Kier molecular flexibility index (Phi) is 7.44. The first-order chi connectivity index (χ1) is 12.5. The largest absolute Gasteiger partial charge is 0.496 e. The van der Waals surface area contributed by atoms with Gasteiger partial charge in [-0.05, 0) is 30.9 Å². The van der Waals surface area contributed by atoms with Crippen molar-refractivity contribution < 1.29 is 23.9 Å². The fourth-order valence-electron chi connectivity index (χ4n) is 3.06. The van der Waals surface area contributed by atoms with Gasteiger partial charge in [0.2, 0.25) is 0 Å². The standard InChI is InChI=1S/C19H26N2O5/c1-13-7-3-5-9-15(13)21-17(22)12-26-18(23)11-20-19(24)14-8-4-6-10-16(14)25-2/h4,6,8,10,13,15H,3,5,7,9,11-12H2,1-2H3,(H,20,24)(H,21,22)/t13-,15+/m0/s1. The lowest BCUT2D eigenvalue weighted by atomic mass is 9.86. The van der Waals surface area contributed by atoms with Gasteiger partial charge >= 0.3 is 5.97 Å². The van der Waals surface area contributed by atoms with E-state index in [1.807, 2.05) is 0 Å². The summed E-state index contributed by atoms with van der Waals surface area (Å²) in [6, 6.07) is 6.84. The SMILES string of the molecule is COc1ccccc1C(=O)NCC(=O)OCC(=O)N[C@@H]1CCCC[C@@H]1C. The van der Waals surface area contributed by atoms with Crippen molar-refractivity contribution in [3.63, 3.8) is 0 Å². The predicted octanol–water partition coefficient (Wildman–Crippen LogP) is 1.66. The monoisotopic (exact) mass is 362 g/mol. The number of esters is 1. The predicted molar refractivity (Wildman–Crippen MR) is 95.8 cm³/mol. The molecule has 0 saturated heterocycles. The fourth-order valence-corrected chi connectivity index (χ4v) is 3.06. The molecule has 1 aromatic carbocycles. The molecule has 2 amide bonds. The molecule has 1 aliphatic carbocycles. The maximum absolute atomic E-state index is 12.1. The van der Waals surface area contributed by atoms with E-state index in [2.05, 4.69) is 17.6 Å². The number of nitrogens with one attached hydrogen (secondary N) is 2. The number of ether oxygens (including phenoxy) is 2. The molecule has 1 saturated carbocycles. The minimum atomic E-state index is -0.667. The molecule has 0 radical (unpaired) electrons. The third kappa shape index (κ3) is 5.75. The second-order valence-corrected chi connectivity index (χ2v) is 6.48. The van der Waals surface area contributed by atoms with E-state index in [1.165, 1.54) is 13.5 Å². The van der Waals surface area contributed by atoms with Crippen LogP contribution in [0.3, 0.4) is 0 Å². The van der Waals surface area contributed by atoms with Crippen molar-refractivity contribution in [2.24, 2.45) is 5.92 Å². The highest BCUT2D eigenvalue weighted by atomic mass is 16.5. The number of benzene rings is 1. The van der Waals surface area contributed by atoms with Gasteiger partial charge in [0.05, 0.1) is 12.7 Å². The quantitative estimate of drug-likeness (QED) is 0.720. The van der Waals surface area contributed by atoms with E-state index < -0.39 is 11.9 Å². The maximum Gasteiger partial charge on any atom is 0.325 e. The highest BCUT2D eigenvalue weighted by Gasteiger charge is 2.23. The maximum atomic E-state index is 12.1. The number of amides is 2. The van der Waals surface area contributed by atoms with Crippen molar-refractivity contribution in [2.75, 3.05) is 20.3 Å². The van der Waals surface area contributed by atoms with Crippen molar-refractivity contribution in [3.8, 4) is 5.75 Å². The van der Waals surface area contributed by atoms with E-state index in [9.17, 15) is 14.4 Å². The molecular weight excluding hydrogens is 336 g/mol. The summed E-state index contributed by atoms with van der Waals surface area (Å²) in [4.78, 5) is 35.7. The number of para-hydroxylation sites is 1. The summed E-state index contributed by atoms with van der Waals surface area (Å²) in [6.45, 7) is 1.46. The Balaban J connectivity index is 1.71. The summed E-state index contributed by atoms with van der Waals surface area (Å²) in [6.07, 6.45) is 4.34. The molecule has 1 aliphatic rings. The van der Waals surface area contributed by atoms with E-state index >= 15 is 0 Å². The minimum absolute atomic E-state index is 0.139. The topological polar surface area (TPSA) is 93.7 Å². The van der Waals surface area contributed by atoms with Gasteiger partial charge < -0.3 is 20.1 Å². The van der Waals surface area contributed by atoms with Crippen molar-refractivity contribution in [2.45, 2.75) is 38.6 Å². The molecule has 142 valence electrons. The molecule has 2 atom stereocenters. The van der Waals surface area contributed by atoms with E-state index in [1.54, 1.807) is 24.3 Å². The summed E-state index contributed by atoms with van der Waals surface area (Å²) in [5.41, 5.74) is 0.326. The zero-order valence-electron chi connectivity index (χ0n) is 15.2. The van der Waals surface area contributed by atoms with E-state index in [0.717, 1.165) is 19.3 Å². The van der Waals surface area contributed by atoms with Gasteiger partial charge in [-0.2, -0.15) is 0 Å². The molecule has 1 aromatic rings. The van der Waals surface area contributed by atoms with Gasteiger partial charge in [-0.3, -0.25) is 14.4 Å². The molecule has 0 aliphatic heterocycles. The van der Waals surface area contributed by atoms with Crippen molar-refractivity contribution in [1.29, 1.82) is 0 Å². The number of rotatable bonds is 7. The second-order valence-electron chi connectivity index (χ2n) is 6.48.